The molecule has 0 saturated heterocycles. The van der Waals surface area contributed by atoms with Gasteiger partial charge in [-0.3, -0.25) is 9.59 Å². The van der Waals surface area contributed by atoms with Crippen LogP contribution in [0.4, 0.5) is 4.39 Å². The Labute approximate surface area is 118 Å². The minimum Gasteiger partial charge on any atom is -0.483 e. The molecule has 0 unspecified atom stereocenters. The molecule has 0 aromatic heterocycles. The first-order chi connectivity index (χ1) is 8.90. The monoisotopic (exact) mass is 332 g/mol. The molecule has 1 N–H and O–H groups in total. The number of hydrogen-bond acceptors (Lipinski definition) is 3. The average Bonchev–Trinajstić information content (AvgIpc) is 2.34. The molecule has 0 aliphatic rings. The molecule has 0 spiro atoms. The van der Waals surface area contributed by atoms with Crippen molar-refractivity contribution in [3.63, 3.8) is 0 Å². The van der Waals surface area contributed by atoms with Crippen molar-refractivity contribution in [2.45, 2.75) is 0 Å². The molecule has 1 aromatic rings. The molecule has 0 atom stereocenters. The van der Waals surface area contributed by atoms with E-state index in [1.807, 2.05) is 0 Å². The lowest BCUT2D eigenvalue weighted by atomic mass is 10.3. The molecule has 19 heavy (non-hydrogen) atoms. The van der Waals surface area contributed by atoms with Gasteiger partial charge in [-0.05, 0) is 34.1 Å². The maximum atomic E-state index is 12.8. The predicted octanol–water partition coefficient (Wildman–Crippen LogP) is 1.17. The van der Waals surface area contributed by atoms with Crippen LogP contribution in [0.15, 0.2) is 22.7 Å². The third kappa shape index (κ3) is 5.25. The highest BCUT2D eigenvalue weighted by Crippen LogP contribution is 2.25. The molecule has 0 aliphatic carbocycles. The van der Waals surface area contributed by atoms with Crippen LogP contribution in [0.3, 0.4) is 0 Å². The largest absolute Gasteiger partial charge is 0.483 e. The van der Waals surface area contributed by atoms with E-state index in [1.165, 1.54) is 23.1 Å². The van der Waals surface area contributed by atoms with E-state index in [1.54, 1.807) is 14.1 Å². The van der Waals surface area contributed by atoms with Crippen LogP contribution in [0.2, 0.25) is 0 Å². The number of nitrogens with zero attached hydrogens (tertiary/aromatic N) is 1. The molecular weight excluding hydrogens is 319 g/mol. The Morgan fingerprint density at radius 3 is 2.68 bits per heavy atom. The van der Waals surface area contributed by atoms with E-state index >= 15 is 0 Å². The predicted molar refractivity (Wildman–Crippen MR) is 71.3 cm³/mol. The van der Waals surface area contributed by atoms with Crippen molar-refractivity contribution in [1.29, 1.82) is 0 Å². The number of benzene rings is 1. The molecule has 2 amide bonds. The van der Waals surface area contributed by atoms with Crippen LogP contribution < -0.4 is 10.1 Å². The summed E-state index contributed by atoms with van der Waals surface area (Å²) < 4.78 is 18.4. The van der Waals surface area contributed by atoms with Gasteiger partial charge >= 0.3 is 0 Å². The fourth-order valence-corrected chi connectivity index (χ4v) is 1.58. The SMILES string of the molecule is CN(C)C(=O)CNC(=O)COc1ccc(F)cc1Br. The number of rotatable bonds is 5. The summed E-state index contributed by atoms with van der Waals surface area (Å²) in [5, 5.41) is 2.42. The molecule has 0 radical (unpaired) electrons. The van der Waals surface area contributed by atoms with Gasteiger partial charge in [0.15, 0.2) is 6.61 Å². The Morgan fingerprint density at radius 1 is 1.42 bits per heavy atom. The lowest BCUT2D eigenvalue weighted by Crippen LogP contribution is -2.38. The van der Waals surface area contributed by atoms with Crippen LogP contribution in [-0.2, 0) is 9.59 Å². The van der Waals surface area contributed by atoms with Gasteiger partial charge in [0.05, 0.1) is 11.0 Å². The van der Waals surface area contributed by atoms with Crippen LogP contribution in [0.5, 0.6) is 5.75 Å². The Balaban J connectivity index is 2.40. The first-order valence-corrected chi connectivity index (χ1v) is 6.24. The van der Waals surface area contributed by atoms with Crippen LogP contribution in [-0.4, -0.2) is 44.0 Å². The molecule has 0 heterocycles. The summed E-state index contributed by atoms with van der Waals surface area (Å²) in [5.74, 6) is -0.682. The van der Waals surface area contributed by atoms with Gasteiger partial charge in [-0.25, -0.2) is 4.39 Å². The first kappa shape index (κ1) is 15.4. The number of carbonyl (C=O) groups excluding carboxylic acids is 2. The summed E-state index contributed by atoms with van der Waals surface area (Å²) in [7, 11) is 3.20. The van der Waals surface area contributed by atoms with E-state index in [4.69, 9.17) is 4.74 Å². The van der Waals surface area contributed by atoms with Crippen molar-refractivity contribution in [3.8, 4) is 5.75 Å². The van der Waals surface area contributed by atoms with Crippen molar-refractivity contribution in [3.05, 3.63) is 28.5 Å². The van der Waals surface area contributed by atoms with Crippen LogP contribution in [0.1, 0.15) is 0 Å². The molecule has 7 heteroatoms. The molecule has 1 rings (SSSR count). The number of likely N-dealkylation sites (N-methyl/N-ethyl adjacent to an activating group) is 1. The number of amides is 2. The number of halogens is 2. The second-order valence-electron chi connectivity index (χ2n) is 3.93. The standard InChI is InChI=1S/C12H14BrFN2O3/c1-16(2)12(18)6-15-11(17)7-19-10-4-3-8(14)5-9(10)13/h3-5H,6-7H2,1-2H3,(H,15,17). The van der Waals surface area contributed by atoms with E-state index in [0.717, 1.165) is 0 Å². The minimum atomic E-state index is -0.425. The summed E-state index contributed by atoms with van der Waals surface area (Å²) >= 11 is 3.12. The van der Waals surface area contributed by atoms with Crippen LogP contribution in [0, 0.1) is 5.82 Å². The van der Waals surface area contributed by atoms with E-state index in [0.29, 0.717) is 10.2 Å². The lowest BCUT2D eigenvalue weighted by Gasteiger charge is -2.11. The summed E-state index contributed by atoms with van der Waals surface area (Å²) in [6, 6.07) is 3.88. The molecule has 0 saturated carbocycles. The minimum absolute atomic E-state index is 0.0836. The zero-order chi connectivity index (χ0) is 14.4. The third-order valence-electron chi connectivity index (χ3n) is 2.19. The number of ether oxygens (including phenoxy) is 1. The summed E-state index contributed by atoms with van der Waals surface area (Å²) in [5.41, 5.74) is 0. The number of carbonyl (C=O) groups is 2. The van der Waals surface area contributed by atoms with Gasteiger partial charge in [-0.1, -0.05) is 0 Å². The molecule has 0 bridgehead atoms. The smallest absolute Gasteiger partial charge is 0.258 e. The zero-order valence-electron chi connectivity index (χ0n) is 10.6. The van der Waals surface area contributed by atoms with Gasteiger partial charge in [-0.2, -0.15) is 0 Å². The second-order valence-corrected chi connectivity index (χ2v) is 4.78. The second kappa shape index (κ2) is 7.08. The Morgan fingerprint density at radius 2 is 2.11 bits per heavy atom. The van der Waals surface area contributed by atoms with Crippen LogP contribution >= 0.6 is 15.9 Å². The van der Waals surface area contributed by atoms with E-state index in [-0.39, 0.29) is 19.1 Å². The Hall–Kier alpha value is -1.63. The molecular formula is C12H14BrFN2O3. The van der Waals surface area contributed by atoms with E-state index in [2.05, 4.69) is 21.2 Å². The van der Waals surface area contributed by atoms with Crippen molar-refractivity contribution < 1.29 is 18.7 Å². The van der Waals surface area contributed by atoms with Gasteiger partial charge < -0.3 is 15.0 Å². The number of hydrogen-bond donors (Lipinski definition) is 1. The van der Waals surface area contributed by atoms with Gasteiger partial charge in [0.1, 0.15) is 11.6 Å². The highest BCUT2D eigenvalue weighted by molar-refractivity contribution is 9.10. The fourth-order valence-electron chi connectivity index (χ4n) is 1.12. The molecule has 104 valence electrons. The maximum absolute atomic E-state index is 12.8. The van der Waals surface area contributed by atoms with Crippen molar-refractivity contribution in [2.75, 3.05) is 27.2 Å². The quantitative estimate of drug-likeness (QED) is 0.880. The summed E-state index contributed by atoms with van der Waals surface area (Å²) in [6.45, 7) is -0.329. The highest BCUT2D eigenvalue weighted by Gasteiger charge is 2.09. The van der Waals surface area contributed by atoms with Crippen molar-refractivity contribution in [2.24, 2.45) is 0 Å². The van der Waals surface area contributed by atoms with E-state index in [9.17, 15) is 14.0 Å². The molecule has 0 aliphatic heterocycles. The topological polar surface area (TPSA) is 58.6 Å². The highest BCUT2D eigenvalue weighted by atomic mass is 79.9. The van der Waals surface area contributed by atoms with Gasteiger partial charge in [0, 0.05) is 14.1 Å². The van der Waals surface area contributed by atoms with E-state index < -0.39 is 11.7 Å². The lowest BCUT2D eigenvalue weighted by molar-refractivity contribution is -0.131. The Bertz CT molecular complexity index is 480. The van der Waals surface area contributed by atoms with Gasteiger partial charge in [-0.15, -0.1) is 0 Å². The maximum Gasteiger partial charge on any atom is 0.258 e. The molecule has 1 aromatic carbocycles. The Kier molecular flexibility index (Phi) is 5.75. The fraction of sp³-hybridized carbons (Fsp3) is 0.333. The third-order valence-corrected chi connectivity index (χ3v) is 2.81. The zero-order valence-corrected chi connectivity index (χ0v) is 12.2. The summed E-state index contributed by atoms with van der Waals surface area (Å²) in [6.07, 6.45) is 0. The number of nitrogens with one attached hydrogen (secondary N) is 1. The first-order valence-electron chi connectivity index (χ1n) is 5.45. The van der Waals surface area contributed by atoms with Crippen LogP contribution in [0.25, 0.3) is 0 Å². The normalized spacial score (nSPS) is 9.89. The van der Waals surface area contributed by atoms with Gasteiger partial charge in [0.25, 0.3) is 5.91 Å². The molecule has 0 fully saturated rings. The van der Waals surface area contributed by atoms with Crippen molar-refractivity contribution >= 4 is 27.7 Å². The van der Waals surface area contributed by atoms with Gasteiger partial charge in [0.2, 0.25) is 5.91 Å². The average molecular weight is 333 g/mol. The molecule has 5 nitrogen and oxygen atoms in total. The summed E-state index contributed by atoms with van der Waals surface area (Å²) in [4.78, 5) is 24.0. The van der Waals surface area contributed by atoms with Crippen molar-refractivity contribution in [1.82, 2.24) is 10.2 Å².